The molecule has 0 saturated heterocycles. The lowest BCUT2D eigenvalue weighted by Gasteiger charge is -2.26. The summed E-state index contributed by atoms with van der Waals surface area (Å²) < 4.78 is 34.0. The highest BCUT2D eigenvalue weighted by atomic mass is 32.2. The Bertz CT molecular complexity index is 1240. The number of ether oxygens (including phenoxy) is 1. The maximum Gasteiger partial charge on any atom is 0.264 e. The number of hydrogen-bond donors (Lipinski definition) is 1. The standard InChI is InChI=1S/C28H34N2O4S/c1-5-6-24-11-13-25(14-12-24)34-18-17-29-28(31)20-30(27-19-22(3)7-10-23(27)4)35(32,33)26-15-8-21(2)9-16-26/h7-16,19H,5-6,17-18,20H2,1-4H3,(H,29,31). The molecule has 0 atom stereocenters. The van der Waals surface area contributed by atoms with Crippen LogP contribution in [-0.2, 0) is 21.2 Å². The minimum Gasteiger partial charge on any atom is -0.492 e. The van der Waals surface area contributed by atoms with Gasteiger partial charge in [-0.1, -0.05) is 55.3 Å². The summed E-state index contributed by atoms with van der Waals surface area (Å²) in [5, 5.41) is 2.78. The van der Waals surface area contributed by atoms with E-state index in [9.17, 15) is 13.2 Å². The van der Waals surface area contributed by atoms with E-state index in [-0.39, 0.29) is 24.6 Å². The highest BCUT2D eigenvalue weighted by Gasteiger charge is 2.28. The first-order chi connectivity index (χ1) is 16.7. The van der Waals surface area contributed by atoms with Gasteiger partial charge in [-0.15, -0.1) is 0 Å². The lowest BCUT2D eigenvalue weighted by molar-refractivity contribution is -0.119. The molecule has 0 aromatic heterocycles. The average molecular weight is 495 g/mol. The number of rotatable bonds is 11. The lowest BCUT2D eigenvalue weighted by atomic mass is 10.1. The van der Waals surface area contributed by atoms with Gasteiger partial charge in [-0.25, -0.2) is 8.42 Å². The van der Waals surface area contributed by atoms with Crippen molar-refractivity contribution in [2.45, 2.75) is 45.4 Å². The summed E-state index contributed by atoms with van der Waals surface area (Å²) in [6.07, 6.45) is 2.11. The van der Waals surface area contributed by atoms with Gasteiger partial charge >= 0.3 is 0 Å². The first-order valence-electron chi connectivity index (χ1n) is 11.9. The number of aryl methyl sites for hydroxylation is 4. The maximum atomic E-state index is 13.6. The first-order valence-corrected chi connectivity index (χ1v) is 13.3. The predicted octanol–water partition coefficient (Wildman–Crippen LogP) is 4.95. The third-order valence-electron chi connectivity index (χ3n) is 5.68. The molecule has 3 aromatic carbocycles. The fourth-order valence-corrected chi connectivity index (χ4v) is 5.19. The second kappa shape index (κ2) is 11.9. The molecule has 186 valence electrons. The van der Waals surface area contributed by atoms with Crippen molar-refractivity contribution in [3.63, 3.8) is 0 Å². The largest absolute Gasteiger partial charge is 0.492 e. The molecule has 7 heteroatoms. The van der Waals surface area contributed by atoms with Gasteiger partial charge < -0.3 is 10.1 Å². The van der Waals surface area contributed by atoms with Crippen molar-refractivity contribution in [1.82, 2.24) is 5.32 Å². The fraction of sp³-hybridized carbons (Fsp3) is 0.321. The maximum absolute atomic E-state index is 13.6. The van der Waals surface area contributed by atoms with Crippen LogP contribution >= 0.6 is 0 Å². The van der Waals surface area contributed by atoms with E-state index in [0.717, 1.165) is 35.3 Å². The zero-order valence-electron chi connectivity index (χ0n) is 20.9. The second-order valence-electron chi connectivity index (χ2n) is 8.71. The SMILES string of the molecule is CCCc1ccc(OCCNC(=O)CN(c2cc(C)ccc2C)S(=O)(=O)c2ccc(C)cc2)cc1. The van der Waals surface area contributed by atoms with Crippen molar-refractivity contribution >= 4 is 21.6 Å². The molecule has 0 aliphatic carbocycles. The van der Waals surface area contributed by atoms with Crippen LogP contribution in [0.25, 0.3) is 0 Å². The van der Waals surface area contributed by atoms with Crippen molar-refractivity contribution in [2.24, 2.45) is 0 Å². The Balaban J connectivity index is 1.69. The minimum absolute atomic E-state index is 0.145. The summed E-state index contributed by atoms with van der Waals surface area (Å²) in [5.74, 6) is 0.335. The van der Waals surface area contributed by atoms with Crippen molar-refractivity contribution in [2.75, 3.05) is 24.0 Å². The van der Waals surface area contributed by atoms with Gasteiger partial charge in [-0.05, 0) is 74.2 Å². The summed E-state index contributed by atoms with van der Waals surface area (Å²) in [7, 11) is -3.95. The lowest BCUT2D eigenvalue weighted by Crippen LogP contribution is -2.42. The van der Waals surface area contributed by atoms with Crippen molar-refractivity contribution < 1.29 is 17.9 Å². The van der Waals surface area contributed by atoms with Gasteiger partial charge in [-0.2, -0.15) is 0 Å². The molecule has 1 N–H and O–H groups in total. The van der Waals surface area contributed by atoms with Crippen LogP contribution in [0.2, 0.25) is 0 Å². The molecular weight excluding hydrogens is 460 g/mol. The van der Waals surface area contributed by atoms with E-state index in [4.69, 9.17) is 4.74 Å². The molecule has 3 rings (SSSR count). The van der Waals surface area contributed by atoms with Gasteiger partial charge in [-0.3, -0.25) is 9.10 Å². The summed E-state index contributed by atoms with van der Waals surface area (Å²) >= 11 is 0. The number of amides is 1. The van der Waals surface area contributed by atoms with Crippen LogP contribution in [0.3, 0.4) is 0 Å². The first kappa shape index (κ1) is 26.3. The quantitative estimate of drug-likeness (QED) is 0.383. The number of nitrogens with zero attached hydrogens (tertiary/aromatic N) is 1. The number of carbonyl (C=O) groups is 1. The van der Waals surface area contributed by atoms with E-state index in [1.807, 2.05) is 57.2 Å². The van der Waals surface area contributed by atoms with Crippen LogP contribution in [0.5, 0.6) is 5.75 Å². The summed E-state index contributed by atoms with van der Waals surface area (Å²) in [4.78, 5) is 13.0. The molecule has 35 heavy (non-hydrogen) atoms. The Morgan fingerprint density at radius 1 is 0.914 bits per heavy atom. The zero-order chi connectivity index (χ0) is 25.4. The van der Waals surface area contributed by atoms with E-state index >= 15 is 0 Å². The smallest absolute Gasteiger partial charge is 0.264 e. The fourth-order valence-electron chi connectivity index (χ4n) is 3.71. The third kappa shape index (κ3) is 7.09. The van der Waals surface area contributed by atoms with Gasteiger partial charge in [0.15, 0.2) is 0 Å². The zero-order valence-corrected chi connectivity index (χ0v) is 21.7. The van der Waals surface area contributed by atoms with Gasteiger partial charge in [0.2, 0.25) is 5.91 Å². The molecule has 0 bridgehead atoms. The van der Waals surface area contributed by atoms with Crippen LogP contribution in [-0.4, -0.2) is 34.0 Å². The molecule has 0 aliphatic rings. The molecule has 6 nitrogen and oxygen atoms in total. The Morgan fingerprint density at radius 2 is 1.57 bits per heavy atom. The molecule has 0 unspecified atom stereocenters. The van der Waals surface area contributed by atoms with Crippen LogP contribution in [0.1, 0.15) is 35.6 Å². The van der Waals surface area contributed by atoms with Gasteiger partial charge in [0.25, 0.3) is 10.0 Å². The van der Waals surface area contributed by atoms with E-state index < -0.39 is 15.9 Å². The number of hydrogen-bond acceptors (Lipinski definition) is 4. The molecule has 0 heterocycles. The summed E-state index contributed by atoms with van der Waals surface area (Å²) in [6, 6.07) is 20.1. The van der Waals surface area contributed by atoms with Crippen molar-refractivity contribution in [3.05, 3.63) is 89.0 Å². The molecule has 0 radical (unpaired) electrons. The predicted molar refractivity (Wildman–Crippen MR) is 141 cm³/mol. The molecule has 0 saturated carbocycles. The molecule has 0 fully saturated rings. The van der Waals surface area contributed by atoms with Crippen LogP contribution in [0.15, 0.2) is 71.6 Å². The second-order valence-corrected chi connectivity index (χ2v) is 10.6. The number of sulfonamides is 1. The van der Waals surface area contributed by atoms with Crippen LogP contribution in [0.4, 0.5) is 5.69 Å². The third-order valence-corrected chi connectivity index (χ3v) is 7.46. The van der Waals surface area contributed by atoms with Crippen LogP contribution in [0, 0.1) is 20.8 Å². The van der Waals surface area contributed by atoms with Gasteiger partial charge in [0, 0.05) is 0 Å². The highest BCUT2D eigenvalue weighted by Crippen LogP contribution is 2.28. The van der Waals surface area contributed by atoms with Crippen molar-refractivity contribution in [1.29, 1.82) is 0 Å². The summed E-state index contributed by atoms with van der Waals surface area (Å²) in [5.41, 5.74) is 4.39. The minimum atomic E-state index is -3.95. The van der Waals surface area contributed by atoms with Crippen LogP contribution < -0.4 is 14.4 Å². The summed E-state index contributed by atoms with van der Waals surface area (Å²) in [6.45, 7) is 7.99. The molecule has 0 spiro atoms. The average Bonchev–Trinajstić information content (AvgIpc) is 2.83. The number of carbonyl (C=O) groups excluding carboxylic acids is 1. The molecule has 3 aromatic rings. The van der Waals surface area contributed by atoms with E-state index in [1.54, 1.807) is 30.3 Å². The van der Waals surface area contributed by atoms with Gasteiger partial charge in [0.1, 0.15) is 18.9 Å². The van der Waals surface area contributed by atoms with Gasteiger partial charge in [0.05, 0.1) is 17.1 Å². The molecular formula is C28H34N2O4S. The number of anilines is 1. The number of benzene rings is 3. The van der Waals surface area contributed by atoms with Crippen molar-refractivity contribution in [3.8, 4) is 5.75 Å². The van der Waals surface area contributed by atoms with E-state index in [1.165, 1.54) is 9.87 Å². The molecule has 1 amide bonds. The molecule has 0 aliphatic heterocycles. The normalized spacial score (nSPS) is 11.2. The number of nitrogens with one attached hydrogen (secondary N) is 1. The van der Waals surface area contributed by atoms with E-state index in [2.05, 4.69) is 12.2 Å². The topological polar surface area (TPSA) is 75.7 Å². The Labute approximate surface area is 209 Å². The Kier molecular flexibility index (Phi) is 8.93. The highest BCUT2D eigenvalue weighted by molar-refractivity contribution is 7.92. The monoisotopic (exact) mass is 494 g/mol. The Morgan fingerprint density at radius 3 is 2.23 bits per heavy atom. The van der Waals surface area contributed by atoms with E-state index in [0.29, 0.717) is 5.69 Å². The Hall–Kier alpha value is -3.32.